The van der Waals surface area contributed by atoms with E-state index in [1.165, 1.54) is 12.1 Å². The molecule has 1 fully saturated rings. The summed E-state index contributed by atoms with van der Waals surface area (Å²) in [6.45, 7) is 3.96. The Morgan fingerprint density at radius 2 is 1.80 bits per heavy atom. The van der Waals surface area contributed by atoms with Crippen LogP contribution in [0.4, 0.5) is 8.78 Å². The summed E-state index contributed by atoms with van der Waals surface area (Å²) in [7, 11) is 0. The number of hydrogen-bond acceptors (Lipinski definition) is 3. The van der Waals surface area contributed by atoms with E-state index in [9.17, 15) is 8.78 Å². The van der Waals surface area contributed by atoms with Gasteiger partial charge in [-0.3, -0.25) is 9.80 Å². The summed E-state index contributed by atoms with van der Waals surface area (Å²) in [6.07, 6.45) is 0. The van der Waals surface area contributed by atoms with E-state index in [2.05, 4.69) is 20.8 Å². The number of nitrogens with two attached hydrogens (primary N) is 1. The van der Waals surface area contributed by atoms with Crippen LogP contribution in [0.2, 0.25) is 0 Å². The summed E-state index contributed by atoms with van der Waals surface area (Å²) in [4.78, 5) is 4.65. The second kappa shape index (κ2) is 6.89. The average molecular weight is 364 g/mol. The highest BCUT2D eigenvalue weighted by molar-refractivity contribution is 9.10. The molecule has 7 heteroatoms. The van der Waals surface area contributed by atoms with Gasteiger partial charge in [-0.1, -0.05) is 12.2 Å². The van der Waals surface area contributed by atoms with Crippen LogP contribution in [-0.2, 0) is 6.54 Å². The number of thiocarbonyl (C=S) groups is 1. The molecule has 0 atom stereocenters. The summed E-state index contributed by atoms with van der Waals surface area (Å²) in [5.74, 6) is -1.02. The van der Waals surface area contributed by atoms with E-state index in [0.717, 1.165) is 26.2 Å². The number of rotatable bonds is 4. The van der Waals surface area contributed by atoms with Crippen molar-refractivity contribution in [2.45, 2.75) is 6.54 Å². The molecule has 0 saturated carbocycles. The van der Waals surface area contributed by atoms with Crippen molar-refractivity contribution in [3.05, 3.63) is 33.8 Å². The van der Waals surface area contributed by atoms with E-state index in [1.54, 1.807) is 0 Å². The second-order valence-corrected chi connectivity index (χ2v) is 6.22. The minimum Gasteiger partial charge on any atom is -0.392 e. The maximum Gasteiger partial charge on any atom is 0.144 e. The molecule has 0 aromatic heterocycles. The molecule has 1 aromatic rings. The Bertz CT molecular complexity index is 505. The van der Waals surface area contributed by atoms with E-state index in [0.29, 0.717) is 16.0 Å². The maximum absolute atomic E-state index is 13.9. The van der Waals surface area contributed by atoms with E-state index < -0.39 is 11.6 Å². The first-order valence-corrected chi connectivity index (χ1v) is 7.53. The molecule has 1 saturated heterocycles. The van der Waals surface area contributed by atoms with Gasteiger partial charge < -0.3 is 5.73 Å². The van der Waals surface area contributed by atoms with Gasteiger partial charge in [0, 0.05) is 44.8 Å². The molecule has 1 aliphatic heterocycles. The highest BCUT2D eigenvalue weighted by Crippen LogP contribution is 2.23. The van der Waals surface area contributed by atoms with E-state index in [4.69, 9.17) is 18.0 Å². The van der Waals surface area contributed by atoms with Gasteiger partial charge in [0.2, 0.25) is 0 Å². The Hall–Kier alpha value is -0.630. The Morgan fingerprint density at radius 3 is 2.40 bits per heavy atom. The lowest BCUT2D eigenvalue weighted by Crippen LogP contribution is -2.48. The molecule has 0 amide bonds. The molecule has 0 spiro atoms. The van der Waals surface area contributed by atoms with Crippen molar-refractivity contribution in [3.63, 3.8) is 0 Å². The monoisotopic (exact) mass is 363 g/mol. The van der Waals surface area contributed by atoms with Crippen LogP contribution in [-0.4, -0.2) is 47.5 Å². The summed E-state index contributed by atoms with van der Waals surface area (Å²) >= 11 is 7.96. The van der Waals surface area contributed by atoms with Crippen LogP contribution in [0.1, 0.15) is 5.56 Å². The van der Waals surface area contributed by atoms with Gasteiger partial charge in [-0.25, -0.2) is 8.78 Å². The molecular formula is C13H16BrF2N3S. The Labute approximate surface area is 130 Å². The van der Waals surface area contributed by atoms with Crippen LogP contribution in [0.5, 0.6) is 0 Å². The fourth-order valence-electron chi connectivity index (χ4n) is 2.26. The highest BCUT2D eigenvalue weighted by Gasteiger charge is 2.20. The van der Waals surface area contributed by atoms with Crippen LogP contribution in [0.25, 0.3) is 0 Å². The van der Waals surface area contributed by atoms with Gasteiger partial charge in [-0.15, -0.1) is 0 Å². The summed E-state index contributed by atoms with van der Waals surface area (Å²) < 4.78 is 27.9. The first-order chi connectivity index (χ1) is 9.47. The van der Waals surface area contributed by atoms with Crippen molar-refractivity contribution in [2.75, 3.05) is 32.7 Å². The molecule has 110 valence electrons. The smallest absolute Gasteiger partial charge is 0.144 e. The number of piperazine rings is 1. The quantitative estimate of drug-likeness (QED) is 0.656. The zero-order chi connectivity index (χ0) is 14.7. The molecule has 3 nitrogen and oxygen atoms in total. The van der Waals surface area contributed by atoms with Crippen molar-refractivity contribution < 1.29 is 8.78 Å². The third-order valence-corrected chi connectivity index (χ3v) is 4.11. The lowest BCUT2D eigenvalue weighted by atomic mass is 10.1. The number of halogens is 3. The first-order valence-electron chi connectivity index (χ1n) is 6.32. The van der Waals surface area contributed by atoms with Crippen LogP contribution in [0.3, 0.4) is 0 Å². The van der Waals surface area contributed by atoms with Crippen LogP contribution in [0, 0.1) is 11.6 Å². The van der Waals surface area contributed by atoms with Crippen molar-refractivity contribution in [2.24, 2.45) is 5.73 Å². The predicted octanol–water partition coefficient (Wildman–Crippen LogP) is 2.13. The topological polar surface area (TPSA) is 32.5 Å². The molecule has 1 heterocycles. The van der Waals surface area contributed by atoms with Gasteiger partial charge in [0.15, 0.2) is 0 Å². The molecule has 0 radical (unpaired) electrons. The second-order valence-electron chi connectivity index (χ2n) is 4.84. The largest absolute Gasteiger partial charge is 0.392 e. The molecule has 2 rings (SSSR count). The third kappa shape index (κ3) is 3.94. The summed E-state index contributed by atoms with van der Waals surface area (Å²) in [5, 5.41) is 0. The van der Waals surface area contributed by atoms with Crippen LogP contribution < -0.4 is 5.73 Å². The average Bonchev–Trinajstić information content (AvgIpc) is 2.40. The first kappa shape index (κ1) is 15.8. The predicted molar refractivity (Wildman–Crippen MR) is 82.6 cm³/mol. The Balaban J connectivity index is 1.96. The van der Waals surface area contributed by atoms with Gasteiger partial charge in [0.05, 0.1) is 9.46 Å². The zero-order valence-corrected chi connectivity index (χ0v) is 13.3. The number of hydrogen-bond donors (Lipinski definition) is 1. The van der Waals surface area contributed by atoms with E-state index in [1.807, 2.05) is 4.90 Å². The van der Waals surface area contributed by atoms with Crippen LogP contribution >= 0.6 is 28.1 Å². The molecule has 1 aliphatic rings. The van der Waals surface area contributed by atoms with Crippen molar-refractivity contribution in [1.29, 1.82) is 0 Å². The summed E-state index contributed by atoms with van der Waals surface area (Å²) in [5.41, 5.74) is 5.62. The van der Waals surface area contributed by atoms with Crippen LogP contribution in [0.15, 0.2) is 16.6 Å². The van der Waals surface area contributed by atoms with Gasteiger partial charge in [-0.05, 0) is 28.1 Å². The number of benzene rings is 1. The highest BCUT2D eigenvalue weighted by atomic mass is 79.9. The fraction of sp³-hybridized carbons (Fsp3) is 0.462. The molecule has 0 aliphatic carbocycles. The number of nitrogens with zero attached hydrogens (tertiary/aromatic N) is 2. The van der Waals surface area contributed by atoms with Gasteiger partial charge in [0.1, 0.15) is 11.6 Å². The molecular weight excluding hydrogens is 348 g/mol. The minimum absolute atomic E-state index is 0.113. The van der Waals surface area contributed by atoms with E-state index in [-0.39, 0.29) is 12.1 Å². The molecule has 1 aromatic carbocycles. The summed E-state index contributed by atoms with van der Waals surface area (Å²) in [6, 6.07) is 2.67. The van der Waals surface area contributed by atoms with Crippen molar-refractivity contribution >= 4 is 33.1 Å². The molecule has 2 N–H and O–H groups in total. The van der Waals surface area contributed by atoms with Crippen molar-refractivity contribution in [1.82, 2.24) is 9.80 Å². The van der Waals surface area contributed by atoms with Gasteiger partial charge in [0.25, 0.3) is 0 Å². The van der Waals surface area contributed by atoms with Gasteiger partial charge >= 0.3 is 0 Å². The molecule has 20 heavy (non-hydrogen) atoms. The Morgan fingerprint density at radius 1 is 1.20 bits per heavy atom. The van der Waals surface area contributed by atoms with Crippen molar-refractivity contribution in [3.8, 4) is 0 Å². The lowest BCUT2D eigenvalue weighted by Gasteiger charge is -2.34. The SMILES string of the molecule is NC(=S)CN1CCN(Cc2c(F)ccc(Br)c2F)CC1. The third-order valence-electron chi connectivity index (χ3n) is 3.36. The standard InChI is InChI=1S/C13H16BrF2N3S/c14-10-1-2-11(15)9(13(10)16)7-18-3-5-19(6-4-18)8-12(17)20/h1-2H,3-8H2,(H2,17,20). The minimum atomic E-state index is -0.518. The van der Waals surface area contributed by atoms with E-state index >= 15 is 0 Å². The maximum atomic E-state index is 13.9. The Kier molecular flexibility index (Phi) is 5.42. The fourth-order valence-corrected chi connectivity index (χ4v) is 2.82. The molecule has 0 bridgehead atoms. The lowest BCUT2D eigenvalue weighted by molar-refractivity contribution is 0.137. The zero-order valence-electron chi connectivity index (χ0n) is 10.9. The molecule has 0 unspecified atom stereocenters. The van der Waals surface area contributed by atoms with Gasteiger partial charge in [-0.2, -0.15) is 0 Å². The normalized spacial score (nSPS) is 17.4.